The van der Waals surface area contributed by atoms with Crippen LogP contribution in [0.1, 0.15) is 39.2 Å². The summed E-state index contributed by atoms with van der Waals surface area (Å²) >= 11 is 0. The Morgan fingerprint density at radius 2 is 2.14 bits per heavy atom. The summed E-state index contributed by atoms with van der Waals surface area (Å²) in [4.78, 5) is 11.7. The van der Waals surface area contributed by atoms with Crippen molar-refractivity contribution in [3.8, 4) is 0 Å². The van der Waals surface area contributed by atoms with Crippen LogP contribution in [0.15, 0.2) is 24.3 Å². The molecule has 0 saturated heterocycles. The number of anilines is 1. The largest absolute Gasteiger partial charge is 0.444 e. The molecular formula is C16H24N2O3. The van der Waals surface area contributed by atoms with Crippen molar-refractivity contribution in [2.45, 2.75) is 58.0 Å². The number of benzene rings is 1. The number of alkyl carbamates (subject to hydrolysis) is 1. The first-order valence-corrected chi connectivity index (χ1v) is 7.29. The Morgan fingerprint density at radius 3 is 2.71 bits per heavy atom. The third-order valence-corrected chi connectivity index (χ3v) is 3.33. The molecule has 0 aromatic heterocycles. The zero-order valence-corrected chi connectivity index (χ0v) is 12.9. The number of carbonyl (C=O) groups is 1. The van der Waals surface area contributed by atoms with Crippen molar-refractivity contribution in [3.63, 3.8) is 0 Å². The van der Waals surface area contributed by atoms with Crippen LogP contribution in [0.3, 0.4) is 0 Å². The van der Waals surface area contributed by atoms with Gasteiger partial charge in [0.2, 0.25) is 0 Å². The first-order chi connectivity index (χ1) is 9.83. The van der Waals surface area contributed by atoms with Gasteiger partial charge < -0.3 is 20.5 Å². The summed E-state index contributed by atoms with van der Waals surface area (Å²) in [5.74, 6) is 0. The average Bonchev–Trinajstić information content (AvgIpc) is 2.33. The first kappa shape index (κ1) is 15.6. The summed E-state index contributed by atoms with van der Waals surface area (Å²) in [5.41, 5.74) is 7.02. The van der Waals surface area contributed by atoms with Gasteiger partial charge in [0.1, 0.15) is 5.60 Å². The molecule has 0 bridgehead atoms. The molecule has 0 spiro atoms. The molecule has 0 unspecified atom stereocenters. The second-order valence-electron chi connectivity index (χ2n) is 6.42. The van der Waals surface area contributed by atoms with E-state index in [1.165, 1.54) is 0 Å². The molecule has 1 saturated carbocycles. The molecular weight excluding hydrogens is 268 g/mol. The molecule has 1 amide bonds. The molecule has 2 atom stereocenters. The van der Waals surface area contributed by atoms with Crippen molar-refractivity contribution in [1.29, 1.82) is 0 Å². The zero-order valence-electron chi connectivity index (χ0n) is 12.9. The molecule has 1 aliphatic rings. The quantitative estimate of drug-likeness (QED) is 0.837. The van der Waals surface area contributed by atoms with Crippen LogP contribution in [-0.4, -0.2) is 23.8 Å². The van der Waals surface area contributed by atoms with E-state index in [0.717, 1.165) is 24.1 Å². The number of rotatable bonds is 4. The van der Waals surface area contributed by atoms with E-state index < -0.39 is 5.60 Å². The van der Waals surface area contributed by atoms with E-state index in [1.807, 2.05) is 45.0 Å². The minimum absolute atomic E-state index is 0.0286. The zero-order chi connectivity index (χ0) is 15.5. The maximum atomic E-state index is 11.7. The monoisotopic (exact) mass is 292 g/mol. The van der Waals surface area contributed by atoms with E-state index in [9.17, 15) is 4.79 Å². The summed E-state index contributed by atoms with van der Waals surface area (Å²) in [6.07, 6.45) is 1.52. The molecule has 1 fully saturated rings. The Hall–Kier alpha value is -1.75. The van der Waals surface area contributed by atoms with E-state index in [1.54, 1.807) is 0 Å². The number of hydrogen-bond acceptors (Lipinski definition) is 4. The fraction of sp³-hybridized carbons (Fsp3) is 0.562. The van der Waals surface area contributed by atoms with Gasteiger partial charge in [-0.15, -0.1) is 0 Å². The Morgan fingerprint density at radius 1 is 1.38 bits per heavy atom. The molecule has 0 heterocycles. The Bertz CT molecular complexity index is 497. The molecule has 116 valence electrons. The second kappa shape index (κ2) is 6.35. The van der Waals surface area contributed by atoms with Gasteiger partial charge in [-0.3, -0.25) is 0 Å². The molecule has 0 radical (unpaired) electrons. The highest BCUT2D eigenvalue weighted by molar-refractivity contribution is 5.68. The van der Waals surface area contributed by atoms with Crippen molar-refractivity contribution >= 4 is 11.8 Å². The number of nitrogens with two attached hydrogens (primary N) is 1. The minimum atomic E-state index is -0.480. The third-order valence-electron chi connectivity index (χ3n) is 3.33. The van der Waals surface area contributed by atoms with Crippen LogP contribution in [0, 0.1) is 0 Å². The van der Waals surface area contributed by atoms with Crippen LogP contribution in [-0.2, 0) is 16.1 Å². The number of hydrogen-bond donors (Lipinski definition) is 2. The van der Waals surface area contributed by atoms with Gasteiger partial charge in [-0.1, -0.05) is 12.1 Å². The molecule has 3 N–H and O–H groups in total. The van der Waals surface area contributed by atoms with Crippen molar-refractivity contribution in [1.82, 2.24) is 5.32 Å². The lowest BCUT2D eigenvalue weighted by molar-refractivity contribution is -0.0391. The van der Waals surface area contributed by atoms with Crippen molar-refractivity contribution in [2.75, 3.05) is 5.73 Å². The van der Waals surface area contributed by atoms with Gasteiger partial charge in [-0.25, -0.2) is 4.79 Å². The standard InChI is InChI=1S/C16H24N2O3/c1-16(2,3)21-15(19)18-13-7-8-14(13)20-10-11-5-4-6-12(17)9-11/h4-6,9,13-14H,7-8,10,17H2,1-3H3,(H,18,19)/t13-,14-/m1/s1. The molecule has 5 heteroatoms. The second-order valence-corrected chi connectivity index (χ2v) is 6.42. The highest BCUT2D eigenvalue weighted by atomic mass is 16.6. The molecule has 5 nitrogen and oxygen atoms in total. The van der Waals surface area contributed by atoms with Crippen molar-refractivity contribution in [3.05, 3.63) is 29.8 Å². The van der Waals surface area contributed by atoms with Gasteiger partial charge in [0, 0.05) is 5.69 Å². The van der Waals surface area contributed by atoms with Crippen LogP contribution in [0.4, 0.5) is 10.5 Å². The normalized spacial score (nSPS) is 21.5. The number of carbonyl (C=O) groups excluding carboxylic acids is 1. The van der Waals surface area contributed by atoms with Crippen LogP contribution in [0.25, 0.3) is 0 Å². The maximum Gasteiger partial charge on any atom is 0.407 e. The van der Waals surface area contributed by atoms with Gasteiger partial charge in [-0.2, -0.15) is 0 Å². The Balaban J connectivity index is 1.76. The molecule has 1 aliphatic carbocycles. The fourth-order valence-electron chi connectivity index (χ4n) is 2.18. The van der Waals surface area contributed by atoms with Crippen LogP contribution in [0.5, 0.6) is 0 Å². The number of ether oxygens (including phenoxy) is 2. The number of nitrogens with one attached hydrogen (secondary N) is 1. The van der Waals surface area contributed by atoms with Crippen LogP contribution in [0.2, 0.25) is 0 Å². The van der Waals surface area contributed by atoms with Gasteiger partial charge in [0.25, 0.3) is 0 Å². The topological polar surface area (TPSA) is 73.6 Å². The SMILES string of the molecule is CC(C)(C)OC(=O)N[C@@H]1CC[C@H]1OCc1cccc(N)c1. The molecule has 0 aliphatic heterocycles. The molecule has 1 aromatic rings. The number of amides is 1. The first-order valence-electron chi connectivity index (χ1n) is 7.29. The smallest absolute Gasteiger partial charge is 0.407 e. The lowest BCUT2D eigenvalue weighted by atomic mass is 9.89. The lowest BCUT2D eigenvalue weighted by Gasteiger charge is -2.37. The Labute approximate surface area is 125 Å². The van der Waals surface area contributed by atoms with Gasteiger partial charge in [-0.05, 0) is 51.3 Å². The van der Waals surface area contributed by atoms with Crippen LogP contribution < -0.4 is 11.1 Å². The summed E-state index contributed by atoms with van der Waals surface area (Å²) in [5, 5.41) is 2.86. The molecule has 2 rings (SSSR count). The minimum Gasteiger partial charge on any atom is -0.444 e. The van der Waals surface area contributed by atoms with E-state index >= 15 is 0 Å². The highest BCUT2D eigenvalue weighted by Gasteiger charge is 2.34. The summed E-state index contributed by atoms with van der Waals surface area (Å²) < 4.78 is 11.1. The summed E-state index contributed by atoms with van der Waals surface area (Å²) in [6, 6.07) is 7.66. The van der Waals surface area contributed by atoms with Crippen LogP contribution >= 0.6 is 0 Å². The Kier molecular flexibility index (Phi) is 4.73. The maximum absolute atomic E-state index is 11.7. The van der Waals surface area contributed by atoms with Gasteiger partial charge in [0.05, 0.1) is 18.8 Å². The fourth-order valence-corrected chi connectivity index (χ4v) is 2.18. The summed E-state index contributed by atoms with van der Waals surface area (Å²) in [7, 11) is 0. The average molecular weight is 292 g/mol. The van der Waals surface area contributed by atoms with E-state index in [2.05, 4.69) is 5.32 Å². The molecule has 21 heavy (non-hydrogen) atoms. The van der Waals surface area contributed by atoms with Crippen molar-refractivity contribution < 1.29 is 14.3 Å². The molecule has 1 aromatic carbocycles. The predicted octanol–water partition coefficient (Wildman–Crippen LogP) is 2.84. The van der Waals surface area contributed by atoms with E-state index in [-0.39, 0.29) is 18.2 Å². The van der Waals surface area contributed by atoms with Gasteiger partial charge >= 0.3 is 6.09 Å². The predicted molar refractivity (Wildman–Crippen MR) is 81.8 cm³/mol. The lowest BCUT2D eigenvalue weighted by Crippen LogP contribution is -2.52. The summed E-state index contributed by atoms with van der Waals surface area (Å²) in [6.45, 7) is 6.05. The highest BCUT2D eigenvalue weighted by Crippen LogP contribution is 2.25. The third kappa shape index (κ3) is 4.93. The van der Waals surface area contributed by atoms with E-state index in [4.69, 9.17) is 15.2 Å². The van der Waals surface area contributed by atoms with Crippen molar-refractivity contribution in [2.24, 2.45) is 0 Å². The van der Waals surface area contributed by atoms with Gasteiger partial charge in [0.15, 0.2) is 0 Å². The number of nitrogen functional groups attached to an aromatic ring is 1. The van der Waals surface area contributed by atoms with E-state index in [0.29, 0.717) is 6.61 Å².